The van der Waals surface area contributed by atoms with Crippen LogP contribution in [0.5, 0.6) is 0 Å². The summed E-state index contributed by atoms with van der Waals surface area (Å²) in [6, 6.07) is -13.3. The minimum Gasteiger partial charge on any atom is -0.480 e. The second-order valence-electron chi connectivity index (χ2n) is 22.1. The van der Waals surface area contributed by atoms with Gasteiger partial charge in [0, 0.05) is 31.1 Å². The van der Waals surface area contributed by atoms with Crippen LogP contribution in [0.1, 0.15) is 126 Å². The summed E-state index contributed by atoms with van der Waals surface area (Å²) >= 11 is 9.69. The Kier molecular flexibility index (Phi) is 34.2. The number of aliphatic carboxylic acids is 1. The third kappa shape index (κ3) is 23.9. The van der Waals surface area contributed by atoms with Crippen LogP contribution in [0.15, 0.2) is 4.99 Å². The van der Waals surface area contributed by atoms with Gasteiger partial charge in [-0.15, -0.1) is 0 Å². The molecule has 31 heteroatoms. The Hall–Kier alpha value is -5.63. The Balaban J connectivity index is 2.32. The third-order valence-corrected chi connectivity index (χ3v) is 16.7. The van der Waals surface area contributed by atoms with Crippen molar-refractivity contribution in [3.63, 3.8) is 0 Å². The van der Waals surface area contributed by atoms with Crippen molar-refractivity contribution in [3.05, 3.63) is 0 Å². The Morgan fingerprint density at radius 1 is 0.588 bits per heavy atom. The Morgan fingerprint density at radius 3 is 1.53 bits per heavy atom. The zero-order chi connectivity index (χ0) is 64.2. The minimum absolute atomic E-state index is 0.115. The molecule has 18 N–H and O–H groups in total. The van der Waals surface area contributed by atoms with Crippen LogP contribution in [0.25, 0.3) is 0 Å². The van der Waals surface area contributed by atoms with Gasteiger partial charge in [-0.05, 0) is 107 Å². The molecule has 2 rings (SSSR count). The number of aliphatic hydroxyl groups excluding tert-OH is 1. The van der Waals surface area contributed by atoms with Gasteiger partial charge in [0.2, 0.25) is 59.1 Å². The van der Waals surface area contributed by atoms with Crippen molar-refractivity contribution in [2.75, 3.05) is 49.7 Å². The molecule has 2 fully saturated rings. The number of amides is 10. The summed E-state index contributed by atoms with van der Waals surface area (Å²) in [5.74, 6) is -9.95. The number of carbonyl (C=O) groups excluding carboxylic acids is 10. The summed E-state index contributed by atoms with van der Waals surface area (Å²) in [4.78, 5) is 158. The van der Waals surface area contributed by atoms with E-state index in [2.05, 4.69) is 72.8 Å². The SMILES string of the molecule is CC[C@H](C)[C@H](NC(=O)[C@H](CS)NC(=O)[C@@H](NC(=O)[C@@H](N)CCCN=C(N)N)[C@@H](C)O)C(=O)N1CCC[C@H]1C(=O)N[C@H](C(=O)N1CCC[C@H]1C(=O)N[C@@H](CCCCN)C(=O)N[C@H](C(=O)N[C@@H](CCSC)C(=O)N[C@@H](CS)C(=O)O)C(C)C)[C@@H](C)CC. The van der Waals surface area contributed by atoms with Gasteiger partial charge in [0.1, 0.15) is 60.4 Å². The lowest BCUT2D eigenvalue weighted by molar-refractivity contribution is -0.146. The van der Waals surface area contributed by atoms with Crippen LogP contribution in [0.4, 0.5) is 0 Å². The quantitative estimate of drug-likeness (QED) is 0.0128. The molecular weight excluding hydrogens is 1160 g/mol. The maximum absolute atomic E-state index is 14.7. The summed E-state index contributed by atoms with van der Waals surface area (Å²) in [5.41, 5.74) is 22.5. The molecule has 0 bridgehead atoms. The number of hydrogen-bond donors (Lipinski definition) is 16. The molecule has 2 aliphatic heterocycles. The molecule has 0 aromatic carbocycles. The smallest absolute Gasteiger partial charge is 0.327 e. The van der Waals surface area contributed by atoms with E-state index in [-0.39, 0.29) is 69.2 Å². The number of nitrogens with two attached hydrogens (primary N) is 4. The molecule has 2 aliphatic rings. The minimum atomic E-state index is -1.53. The molecule has 10 amide bonds. The lowest BCUT2D eigenvalue weighted by Gasteiger charge is -2.35. The fourth-order valence-corrected chi connectivity index (χ4v) is 10.6. The molecular formula is C54H97N15O13S3. The van der Waals surface area contributed by atoms with Crippen LogP contribution in [-0.2, 0) is 52.7 Å². The number of aliphatic hydroxyl groups is 1. The largest absolute Gasteiger partial charge is 0.480 e. The predicted octanol–water partition coefficient (Wildman–Crippen LogP) is -2.82. The van der Waals surface area contributed by atoms with Crippen molar-refractivity contribution in [2.45, 2.75) is 198 Å². The molecule has 28 nitrogen and oxygen atoms in total. The fourth-order valence-electron chi connectivity index (χ4n) is 9.65. The van der Waals surface area contributed by atoms with Gasteiger partial charge in [0.05, 0.1) is 12.1 Å². The summed E-state index contributed by atoms with van der Waals surface area (Å²) in [6.07, 6.45) is 4.16. The fraction of sp³-hybridized carbons (Fsp3) is 0.778. The van der Waals surface area contributed by atoms with Crippen molar-refractivity contribution in [1.82, 2.24) is 52.3 Å². The van der Waals surface area contributed by atoms with Gasteiger partial charge >= 0.3 is 5.97 Å². The maximum atomic E-state index is 14.7. The number of carbonyl (C=O) groups is 11. The van der Waals surface area contributed by atoms with E-state index in [1.54, 1.807) is 34.0 Å². The Bertz CT molecular complexity index is 2290. The van der Waals surface area contributed by atoms with Crippen molar-refractivity contribution >= 4 is 108 Å². The van der Waals surface area contributed by atoms with E-state index in [1.165, 1.54) is 28.5 Å². The van der Waals surface area contributed by atoms with Crippen LogP contribution < -0.4 is 65.5 Å². The maximum Gasteiger partial charge on any atom is 0.327 e. The van der Waals surface area contributed by atoms with E-state index >= 15 is 0 Å². The van der Waals surface area contributed by atoms with Gasteiger partial charge in [-0.1, -0.05) is 54.4 Å². The van der Waals surface area contributed by atoms with Crippen molar-refractivity contribution in [3.8, 4) is 0 Å². The van der Waals surface area contributed by atoms with Crippen LogP contribution in [0, 0.1) is 17.8 Å². The average Bonchev–Trinajstić information content (AvgIpc) is 2.94. The number of carboxylic acids is 1. The number of nitrogens with zero attached hydrogens (tertiary/aromatic N) is 3. The predicted molar refractivity (Wildman–Crippen MR) is 329 cm³/mol. The molecule has 0 radical (unpaired) electrons. The molecule has 0 aromatic rings. The summed E-state index contributed by atoms with van der Waals surface area (Å²) in [6.45, 7) is 12.6. The van der Waals surface area contributed by atoms with Crippen LogP contribution in [-0.4, -0.2) is 213 Å². The normalized spacial score (nSPS) is 19.2. The molecule has 0 unspecified atom stereocenters. The van der Waals surface area contributed by atoms with Crippen molar-refractivity contribution in [2.24, 2.45) is 45.7 Å². The van der Waals surface area contributed by atoms with Gasteiger partial charge in [-0.25, -0.2) is 4.79 Å². The number of hydrogen-bond acceptors (Lipinski definition) is 18. The highest BCUT2D eigenvalue weighted by Crippen LogP contribution is 2.25. The van der Waals surface area contributed by atoms with Crippen LogP contribution >= 0.6 is 37.0 Å². The number of guanidine groups is 1. The first-order valence-corrected chi connectivity index (χ1v) is 32.0. The number of likely N-dealkylation sites (tertiary alicyclic amines) is 2. The van der Waals surface area contributed by atoms with E-state index in [4.69, 9.17) is 22.9 Å². The van der Waals surface area contributed by atoms with Gasteiger partial charge in [0.15, 0.2) is 5.96 Å². The monoisotopic (exact) mass is 1260 g/mol. The van der Waals surface area contributed by atoms with Gasteiger partial charge in [-0.3, -0.25) is 52.9 Å². The molecule has 0 aromatic heterocycles. The molecule has 484 valence electrons. The highest BCUT2D eigenvalue weighted by molar-refractivity contribution is 7.98. The average molecular weight is 1260 g/mol. The zero-order valence-electron chi connectivity index (χ0n) is 50.4. The number of thiol groups is 2. The number of rotatable bonds is 38. The van der Waals surface area contributed by atoms with Crippen molar-refractivity contribution < 1.29 is 63.0 Å². The molecule has 0 saturated carbocycles. The Morgan fingerprint density at radius 2 is 1.05 bits per heavy atom. The van der Waals surface area contributed by atoms with E-state index in [0.717, 1.165) is 0 Å². The third-order valence-electron chi connectivity index (χ3n) is 15.3. The molecule has 0 aliphatic carbocycles. The highest BCUT2D eigenvalue weighted by atomic mass is 32.2. The number of nitrogens with one attached hydrogen (secondary N) is 8. The van der Waals surface area contributed by atoms with E-state index in [0.29, 0.717) is 57.2 Å². The number of thioether (sulfide) groups is 1. The van der Waals surface area contributed by atoms with Gasteiger partial charge in [0.25, 0.3) is 0 Å². The lowest BCUT2D eigenvalue weighted by atomic mass is 9.96. The summed E-state index contributed by atoms with van der Waals surface area (Å²) < 4.78 is 0. The van der Waals surface area contributed by atoms with Crippen LogP contribution in [0.3, 0.4) is 0 Å². The molecule has 2 heterocycles. The lowest BCUT2D eigenvalue weighted by Crippen LogP contribution is -2.62. The second-order valence-corrected chi connectivity index (χ2v) is 23.9. The first kappa shape index (κ1) is 75.5. The molecule has 0 spiro atoms. The number of unbranched alkanes of at least 4 members (excludes halogenated alkanes) is 1. The molecule has 85 heavy (non-hydrogen) atoms. The van der Waals surface area contributed by atoms with E-state index in [9.17, 15) is 63.0 Å². The van der Waals surface area contributed by atoms with Gasteiger partial charge < -0.3 is 85.5 Å². The molecule has 14 atom stereocenters. The molecule has 2 saturated heterocycles. The Labute approximate surface area is 514 Å². The van der Waals surface area contributed by atoms with E-state index in [1.807, 2.05) is 13.8 Å². The standard InChI is InChI=1S/C54H97N15O13S3/c1-9-29(5)40(65-46(74)35(26-83)62-50(78)42(31(7)70)67-43(71)32(56)16-13-22-59-54(57)58)51(79)69-24-15-19-38(69)48(76)66-41(30(6)10-2)52(80)68-23-14-18-37(68)47(75)60-33(17-11-12-21-55)45(73)64-39(28(3)4)49(77)61-34(20-25-85-8)44(72)63-36(27-84)53(81)82/h28-42,70,83-84H,9-27,55-56H2,1-8H3,(H,60,75)(H,61,77)(H,62,78)(H,63,72)(H,64,73)(H,65,74)(H,66,76)(H,67,71)(H,81,82)(H4,57,58,59)/t29-,30-,31+,32-,33-,34-,35-,36-,37-,38-,39-,40-,41-,42-/m0/s1. The topological polar surface area (TPSA) is 447 Å². The van der Waals surface area contributed by atoms with Crippen molar-refractivity contribution in [1.29, 1.82) is 0 Å². The first-order valence-electron chi connectivity index (χ1n) is 29.3. The zero-order valence-corrected chi connectivity index (χ0v) is 53.0. The summed E-state index contributed by atoms with van der Waals surface area (Å²) in [5, 5.41) is 41.2. The number of aliphatic imine (C=N–C) groups is 1. The number of carboxylic acid groups (broad SMARTS) is 1. The van der Waals surface area contributed by atoms with Gasteiger partial charge in [-0.2, -0.15) is 37.0 Å². The second kappa shape index (κ2) is 38.5. The first-order chi connectivity index (χ1) is 40.1. The summed E-state index contributed by atoms with van der Waals surface area (Å²) in [7, 11) is 0. The highest BCUT2D eigenvalue weighted by Gasteiger charge is 2.45. The van der Waals surface area contributed by atoms with Crippen LogP contribution in [0.2, 0.25) is 0 Å². The van der Waals surface area contributed by atoms with E-state index < -0.39 is 155 Å².